The van der Waals surface area contributed by atoms with E-state index in [9.17, 15) is 9.59 Å². The van der Waals surface area contributed by atoms with Gasteiger partial charge in [-0.3, -0.25) is 9.59 Å². The van der Waals surface area contributed by atoms with Gasteiger partial charge in [-0.05, 0) is 56.4 Å². The van der Waals surface area contributed by atoms with Crippen molar-refractivity contribution in [1.29, 1.82) is 0 Å². The molecule has 0 saturated heterocycles. The predicted octanol–water partition coefficient (Wildman–Crippen LogP) is 5.96. The zero-order chi connectivity index (χ0) is 23.0. The van der Waals surface area contributed by atoms with Crippen molar-refractivity contribution >= 4 is 35.0 Å². The molecule has 0 spiro atoms. The monoisotopic (exact) mass is 462 g/mol. The number of carbonyl (C=O) groups is 2. The smallest absolute Gasteiger partial charge is 0.243 e. The fraction of sp³-hybridized carbons (Fsp3) is 0.440. The highest BCUT2D eigenvalue weighted by molar-refractivity contribution is 6.35. The minimum Gasteiger partial charge on any atom is -0.352 e. The number of amides is 2. The third kappa shape index (κ3) is 7.55. The van der Waals surface area contributed by atoms with Crippen LogP contribution in [0.4, 0.5) is 0 Å². The minimum absolute atomic E-state index is 0.0465. The summed E-state index contributed by atoms with van der Waals surface area (Å²) in [6, 6.07) is 12.9. The average molecular weight is 463 g/mol. The van der Waals surface area contributed by atoms with Crippen LogP contribution in [-0.2, 0) is 22.6 Å². The molecule has 0 radical (unpaired) electrons. The lowest BCUT2D eigenvalue weighted by atomic mass is 10.0. The summed E-state index contributed by atoms with van der Waals surface area (Å²) in [5.74, 6) is -0.205. The van der Waals surface area contributed by atoms with Crippen molar-refractivity contribution < 1.29 is 9.59 Å². The summed E-state index contributed by atoms with van der Waals surface area (Å²) in [4.78, 5) is 27.9. The van der Waals surface area contributed by atoms with Gasteiger partial charge in [-0.15, -0.1) is 0 Å². The van der Waals surface area contributed by atoms with Crippen LogP contribution in [0.3, 0.4) is 0 Å². The lowest BCUT2D eigenvalue weighted by Crippen LogP contribution is -2.50. The number of rotatable bonds is 10. The molecule has 4 nitrogen and oxygen atoms in total. The van der Waals surface area contributed by atoms with E-state index in [4.69, 9.17) is 23.2 Å². The Hall–Kier alpha value is -2.04. The maximum absolute atomic E-state index is 13.3. The third-order valence-corrected chi connectivity index (χ3v) is 6.08. The van der Waals surface area contributed by atoms with Gasteiger partial charge in [0, 0.05) is 29.1 Å². The van der Waals surface area contributed by atoms with Crippen molar-refractivity contribution in [2.45, 2.75) is 72.0 Å². The summed E-state index contributed by atoms with van der Waals surface area (Å²) in [5, 5.41) is 4.04. The molecule has 1 N–H and O–H groups in total. The van der Waals surface area contributed by atoms with Crippen LogP contribution in [0.5, 0.6) is 0 Å². The van der Waals surface area contributed by atoms with Gasteiger partial charge in [0.05, 0.1) is 0 Å². The van der Waals surface area contributed by atoms with Crippen molar-refractivity contribution in [3.63, 3.8) is 0 Å². The molecular weight excluding hydrogens is 431 g/mol. The second-order valence-electron chi connectivity index (χ2n) is 7.98. The van der Waals surface area contributed by atoms with Crippen molar-refractivity contribution in [2.24, 2.45) is 0 Å². The second-order valence-corrected chi connectivity index (χ2v) is 8.83. The molecule has 0 saturated carbocycles. The summed E-state index contributed by atoms with van der Waals surface area (Å²) >= 11 is 12.4. The number of benzene rings is 2. The van der Waals surface area contributed by atoms with Crippen LogP contribution in [0.15, 0.2) is 42.5 Å². The Morgan fingerprint density at radius 3 is 2.29 bits per heavy atom. The largest absolute Gasteiger partial charge is 0.352 e. The zero-order valence-corrected chi connectivity index (χ0v) is 20.3. The first-order valence-corrected chi connectivity index (χ1v) is 11.6. The molecule has 0 heterocycles. The molecule has 6 heteroatoms. The third-order valence-electron chi connectivity index (χ3n) is 5.49. The lowest BCUT2D eigenvalue weighted by molar-refractivity contribution is -0.141. The molecule has 168 valence electrons. The molecule has 31 heavy (non-hydrogen) atoms. The van der Waals surface area contributed by atoms with Gasteiger partial charge in [-0.1, -0.05) is 72.9 Å². The van der Waals surface area contributed by atoms with Gasteiger partial charge in [-0.2, -0.15) is 0 Å². The summed E-state index contributed by atoms with van der Waals surface area (Å²) in [7, 11) is 0. The molecule has 2 aromatic carbocycles. The molecule has 2 atom stereocenters. The second kappa shape index (κ2) is 12.1. The molecule has 0 unspecified atom stereocenters. The predicted molar refractivity (Wildman–Crippen MR) is 128 cm³/mol. The Balaban J connectivity index is 2.24. The van der Waals surface area contributed by atoms with Gasteiger partial charge in [0.15, 0.2) is 0 Å². The first-order chi connectivity index (χ1) is 14.7. The van der Waals surface area contributed by atoms with E-state index in [-0.39, 0.29) is 24.4 Å². The van der Waals surface area contributed by atoms with Crippen molar-refractivity contribution in [1.82, 2.24) is 10.2 Å². The van der Waals surface area contributed by atoms with Crippen LogP contribution in [-0.4, -0.2) is 28.8 Å². The van der Waals surface area contributed by atoms with Crippen LogP contribution >= 0.6 is 23.2 Å². The standard InChI is InChI=1S/C25H32Cl2N2O2/c1-5-18(4)28-25(31)23(6-2)29(16-20-12-13-21(26)15-22(20)27)24(30)14-11-19-9-7-17(3)8-10-19/h7-10,12-13,15,18,23H,5-6,11,14,16H2,1-4H3,(H,28,31)/t18-,23-/m0/s1. The van der Waals surface area contributed by atoms with Crippen LogP contribution < -0.4 is 5.32 Å². The number of hydrogen-bond acceptors (Lipinski definition) is 2. The van der Waals surface area contributed by atoms with Crippen LogP contribution in [0.1, 0.15) is 56.7 Å². The zero-order valence-electron chi connectivity index (χ0n) is 18.8. The Labute approximate surface area is 195 Å². The minimum atomic E-state index is -0.564. The molecular formula is C25H32Cl2N2O2. The summed E-state index contributed by atoms with van der Waals surface area (Å²) < 4.78 is 0. The summed E-state index contributed by atoms with van der Waals surface area (Å²) in [5.41, 5.74) is 3.05. The van der Waals surface area contributed by atoms with Crippen LogP contribution in [0.2, 0.25) is 10.0 Å². The van der Waals surface area contributed by atoms with E-state index in [1.165, 1.54) is 5.56 Å². The molecule has 0 fully saturated rings. The molecule has 2 rings (SSSR count). The van der Waals surface area contributed by atoms with E-state index in [0.29, 0.717) is 29.3 Å². The molecule has 0 bridgehead atoms. The normalized spacial score (nSPS) is 12.8. The van der Waals surface area contributed by atoms with Gasteiger partial charge < -0.3 is 10.2 Å². The summed E-state index contributed by atoms with van der Waals surface area (Å²) in [6.45, 7) is 8.20. The van der Waals surface area contributed by atoms with Gasteiger partial charge in [0.1, 0.15) is 6.04 Å². The van der Waals surface area contributed by atoms with E-state index in [1.807, 2.05) is 58.0 Å². The fourth-order valence-corrected chi connectivity index (χ4v) is 3.81. The molecule has 0 aliphatic rings. The maximum Gasteiger partial charge on any atom is 0.243 e. The van der Waals surface area contributed by atoms with Crippen LogP contribution in [0.25, 0.3) is 0 Å². The number of hydrogen-bond donors (Lipinski definition) is 1. The first kappa shape index (κ1) is 25.2. The van der Waals surface area contributed by atoms with Crippen molar-refractivity contribution in [2.75, 3.05) is 0 Å². The maximum atomic E-state index is 13.3. The summed E-state index contributed by atoms with van der Waals surface area (Å²) in [6.07, 6.45) is 2.28. The Kier molecular flexibility index (Phi) is 9.86. The molecule has 0 aliphatic heterocycles. The topological polar surface area (TPSA) is 49.4 Å². The number of nitrogens with one attached hydrogen (secondary N) is 1. The van der Waals surface area contributed by atoms with E-state index < -0.39 is 6.04 Å². The molecule has 2 aromatic rings. The van der Waals surface area contributed by atoms with Gasteiger partial charge in [0.2, 0.25) is 11.8 Å². The lowest BCUT2D eigenvalue weighted by Gasteiger charge is -2.32. The van der Waals surface area contributed by atoms with Gasteiger partial charge >= 0.3 is 0 Å². The quantitative estimate of drug-likeness (QED) is 0.473. The van der Waals surface area contributed by atoms with Crippen molar-refractivity contribution in [3.8, 4) is 0 Å². The molecule has 0 aliphatic carbocycles. The Bertz CT molecular complexity index is 884. The molecule has 2 amide bonds. The van der Waals surface area contributed by atoms with Gasteiger partial charge in [0.25, 0.3) is 0 Å². The first-order valence-electron chi connectivity index (χ1n) is 10.8. The van der Waals surface area contributed by atoms with Crippen molar-refractivity contribution in [3.05, 3.63) is 69.2 Å². The fourth-order valence-electron chi connectivity index (χ4n) is 3.34. The average Bonchev–Trinajstić information content (AvgIpc) is 2.74. The number of halogens is 2. The number of aryl methyl sites for hydroxylation is 2. The number of carbonyl (C=O) groups excluding carboxylic acids is 2. The van der Waals surface area contributed by atoms with Crippen LogP contribution in [0, 0.1) is 6.92 Å². The Morgan fingerprint density at radius 1 is 1.03 bits per heavy atom. The van der Waals surface area contributed by atoms with Gasteiger partial charge in [-0.25, -0.2) is 0 Å². The number of nitrogens with zero attached hydrogens (tertiary/aromatic N) is 1. The highest BCUT2D eigenvalue weighted by Crippen LogP contribution is 2.24. The van der Waals surface area contributed by atoms with E-state index in [0.717, 1.165) is 17.5 Å². The Morgan fingerprint density at radius 2 is 1.71 bits per heavy atom. The SMILES string of the molecule is CC[C@H](C)NC(=O)[C@H](CC)N(Cc1ccc(Cl)cc1Cl)C(=O)CCc1ccc(C)cc1. The van der Waals surface area contributed by atoms with E-state index in [2.05, 4.69) is 5.32 Å². The van der Waals surface area contributed by atoms with E-state index in [1.54, 1.807) is 17.0 Å². The highest BCUT2D eigenvalue weighted by Gasteiger charge is 2.29. The molecule has 0 aromatic heterocycles. The highest BCUT2D eigenvalue weighted by atomic mass is 35.5. The van der Waals surface area contributed by atoms with E-state index >= 15 is 0 Å².